The fourth-order valence-corrected chi connectivity index (χ4v) is 8.40. The molecule has 2 heteroatoms. The molecule has 1 atom stereocenters. The molecule has 52 heavy (non-hydrogen) atoms. The number of rotatable bonds is 5. The average molecular weight is 663 g/mol. The molecular formula is C50H34N2. The highest BCUT2D eigenvalue weighted by Gasteiger charge is 2.40. The number of fused-ring (bicyclic) bond motifs is 5. The molecule has 0 aliphatic heterocycles. The van der Waals surface area contributed by atoms with E-state index in [-0.39, 0.29) is 5.41 Å². The lowest BCUT2D eigenvalue weighted by molar-refractivity contribution is 0.714. The first-order chi connectivity index (χ1) is 25.7. The first kappa shape index (κ1) is 30.2. The molecular weight excluding hydrogens is 629 g/mol. The Labute approximate surface area is 303 Å². The zero-order valence-electron chi connectivity index (χ0n) is 28.8. The summed E-state index contributed by atoms with van der Waals surface area (Å²) in [6.07, 6.45) is 0. The molecule has 8 aromatic carbocycles. The van der Waals surface area contributed by atoms with Crippen LogP contribution in [0.4, 0.5) is 0 Å². The van der Waals surface area contributed by atoms with Crippen LogP contribution in [0.25, 0.3) is 77.7 Å². The molecule has 0 saturated carbocycles. The van der Waals surface area contributed by atoms with E-state index < -0.39 is 0 Å². The third-order valence-corrected chi connectivity index (χ3v) is 11.0. The molecule has 0 fully saturated rings. The summed E-state index contributed by atoms with van der Waals surface area (Å²) in [6.45, 7) is 2.38. The smallest absolute Gasteiger partial charge is 0.161 e. The van der Waals surface area contributed by atoms with Gasteiger partial charge >= 0.3 is 0 Å². The van der Waals surface area contributed by atoms with E-state index in [0.29, 0.717) is 5.82 Å². The van der Waals surface area contributed by atoms with Gasteiger partial charge < -0.3 is 0 Å². The van der Waals surface area contributed by atoms with Crippen LogP contribution in [0.5, 0.6) is 0 Å². The molecule has 10 rings (SSSR count). The molecule has 0 radical (unpaired) electrons. The summed E-state index contributed by atoms with van der Waals surface area (Å²) in [6, 6.07) is 67.5. The van der Waals surface area contributed by atoms with Gasteiger partial charge in [-0.05, 0) is 85.6 Å². The lowest BCUT2D eigenvalue weighted by Crippen LogP contribution is -2.22. The molecule has 0 amide bonds. The van der Waals surface area contributed by atoms with Gasteiger partial charge in [-0.3, -0.25) is 0 Å². The Balaban J connectivity index is 1.16. The second-order valence-corrected chi connectivity index (χ2v) is 13.9. The van der Waals surface area contributed by atoms with Gasteiger partial charge in [-0.15, -0.1) is 0 Å². The molecule has 1 aliphatic rings. The van der Waals surface area contributed by atoms with Gasteiger partial charge in [0.25, 0.3) is 0 Å². The fraction of sp³-hybridized carbons (Fsp3) is 0.0400. The monoisotopic (exact) mass is 662 g/mol. The highest BCUT2D eigenvalue weighted by atomic mass is 14.9. The van der Waals surface area contributed by atoms with Crippen LogP contribution in [0.15, 0.2) is 188 Å². The molecule has 244 valence electrons. The standard InChI is InChI=1S/C50H34N2/c1-50(36-19-6-3-7-20-36)45-26-13-12-24-41(45)42-28-27-35(31-46(42)50)38-29-30-44(40-23-11-10-22-39(38)40)49-51-47(34-16-4-2-5-17-34)32-48(52-49)43-25-14-18-33-15-8-9-21-37(33)43/h2-32H,1H3. The van der Waals surface area contributed by atoms with Gasteiger partial charge in [0.05, 0.1) is 11.4 Å². The van der Waals surface area contributed by atoms with Gasteiger partial charge in [0.15, 0.2) is 5.82 Å². The van der Waals surface area contributed by atoms with Crippen molar-refractivity contribution in [2.24, 2.45) is 0 Å². The van der Waals surface area contributed by atoms with E-state index in [9.17, 15) is 0 Å². The van der Waals surface area contributed by atoms with Crippen molar-refractivity contribution in [2.75, 3.05) is 0 Å². The normalized spacial score (nSPS) is 14.7. The predicted molar refractivity (Wildman–Crippen MR) is 216 cm³/mol. The summed E-state index contributed by atoms with van der Waals surface area (Å²) >= 11 is 0. The highest BCUT2D eigenvalue weighted by Crippen LogP contribution is 2.53. The van der Waals surface area contributed by atoms with Gasteiger partial charge in [-0.25, -0.2) is 9.97 Å². The number of nitrogens with zero attached hydrogens (tertiary/aromatic N) is 2. The Hall–Kier alpha value is -6.64. The van der Waals surface area contributed by atoms with Crippen LogP contribution in [0, 0.1) is 0 Å². The second kappa shape index (κ2) is 12.0. The van der Waals surface area contributed by atoms with E-state index >= 15 is 0 Å². The Morgan fingerprint density at radius 2 is 0.942 bits per heavy atom. The largest absolute Gasteiger partial charge is 0.228 e. The maximum Gasteiger partial charge on any atom is 0.161 e. The van der Waals surface area contributed by atoms with Crippen LogP contribution in [-0.2, 0) is 5.41 Å². The maximum absolute atomic E-state index is 5.31. The Bertz CT molecular complexity index is 2800. The van der Waals surface area contributed by atoms with E-state index in [1.54, 1.807) is 0 Å². The van der Waals surface area contributed by atoms with Crippen LogP contribution >= 0.6 is 0 Å². The average Bonchev–Trinajstić information content (AvgIpc) is 3.48. The van der Waals surface area contributed by atoms with Gasteiger partial charge in [0.1, 0.15) is 0 Å². The molecule has 0 bridgehead atoms. The van der Waals surface area contributed by atoms with E-state index in [2.05, 4.69) is 189 Å². The minimum Gasteiger partial charge on any atom is -0.228 e. The maximum atomic E-state index is 5.31. The van der Waals surface area contributed by atoms with Crippen molar-refractivity contribution in [1.29, 1.82) is 0 Å². The van der Waals surface area contributed by atoms with Crippen molar-refractivity contribution in [2.45, 2.75) is 12.3 Å². The van der Waals surface area contributed by atoms with E-state index in [0.717, 1.165) is 33.5 Å². The van der Waals surface area contributed by atoms with Crippen molar-refractivity contribution in [3.8, 4) is 56.2 Å². The Kier molecular flexibility index (Phi) is 6.97. The Morgan fingerprint density at radius 3 is 1.77 bits per heavy atom. The third kappa shape index (κ3) is 4.72. The van der Waals surface area contributed by atoms with Crippen molar-refractivity contribution in [3.63, 3.8) is 0 Å². The zero-order valence-corrected chi connectivity index (χ0v) is 28.8. The van der Waals surface area contributed by atoms with Crippen molar-refractivity contribution < 1.29 is 0 Å². The molecule has 1 heterocycles. The van der Waals surface area contributed by atoms with Crippen LogP contribution < -0.4 is 0 Å². The Morgan fingerprint density at radius 1 is 0.365 bits per heavy atom. The summed E-state index contributed by atoms with van der Waals surface area (Å²) in [5, 5.41) is 4.67. The summed E-state index contributed by atoms with van der Waals surface area (Å²) in [7, 11) is 0. The van der Waals surface area contributed by atoms with Crippen molar-refractivity contribution in [3.05, 3.63) is 205 Å². The quantitative estimate of drug-likeness (QED) is 0.183. The molecule has 2 nitrogen and oxygen atoms in total. The zero-order chi connectivity index (χ0) is 34.6. The number of benzene rings is 8. The lowest BCUT2D eigenvalue weighted by Gasteiger charge is -2.28. The number of hydrogen-bond acceptors (Lipinski definition) is 2. The van der Waals surface area contributed by atoms with Gasteiger partial charge in [-0.2, -0.15) is 0 Å². The summed E-state index contributed by atoms with van der Waals surface area (Å²) in [4.78, 5) is 10.6. The SMILES string of the molecule is CC1(c2ccccc2)c2ccccc2-c2ccc(-c3ccc(-c4nc(-c5ccccc5)cc(-c5cccc6ccccc56)n4)c4ccccc34)cc21. The van der Waals surface area contributed by atoms with Crippen LogP contribution in [0.1, 0.15) is 23.6 Å². The molecule has 9 aromatic rings. The van der Waals surface area contributed by atoms with Gasteiger partial charge in [-0.1, -0.05) is 170 Å². The third-order valence-electron chi connectivity index (χ3n) is 11.0. The van der Waals surface area contributed by atoms with Crippen LogP contribution in [0.3, 0.4) is 0 Å². The van der Waals surface area contributed by atoms with Crippen molar-refractivity contribution >= 4 is 21.5 Å². The van der Waals surface area contributed by atoms with Gasteiger partial charge in [0.2, 0.25) is 0 Å². The minimum absolute atomic E-state index is 0.261. The fourth-order valence-electron chi connectivity index (χ4n) is 8.40. The van der Waals surface area contributed by atoms with Crippen LogP contribution in [-0.4, -0.2) is 9.97 Å². The molecule has 1 aliphatic carbocycles. The minimum atomic E-state index is -0.261. The first-order valence-electron chi connectivity index (χ1n) is 17.9. The summed E-state index contributed by atoms with van der Waals surface area (Å²) in [5.41, 5.74) is 13.7. The highest BCUT2D eigenvalue weighted by molar-refractivity contribution is 6.05. The van der Waals surface area contributed by atoms with Crippen molar-refractivity contribution in [1.82, 2.24) is 9.97 Å². The first-order valence-corrected chi connectivity index (χ1v) is 17.9. The summed E-state index contributed by atoms with van der Waals surface area (Å²) < 4.78 is 0. The lowest BCUT2D eigenvalue weighted by atomic mass is 9.74. The molecule has 1 unspecified atom stereocenters. The van der Waals surface area contributed by atoms with E-state index in [1.165, 1.54) is 55.1 Å². The molecule has 0 saturated heterocycles. The topological polar surface area (TPSA) is 25.8 Å². The van der Waals surface area contributed by atoms with Gasteiger partial charge in [0, 0.05) is 22.1 Å². The predicted octanol–water partition coefficient (Wildman–Crippen LogP) is 12.8. The van der Waals surface area contributed by atoms with Crippen LogP contribution in [0.2, 0.25) is 0 Å². The molecule has 0 spiro atoms. The second-order valence-electron chi connectivity index (χ2n) is 13.9. The number of aromatic nitrogens is 2. The molecule has 0 N–H and O–H groups in total. The van der Waals surface area contributed by atoms with E-state index in [4.69, 9.17) is 9.97 Å². The molecule has 1 aromatic heterocycles. The number of hydrogen-bond donors (Lipinski definition) is 0. The van der Waals surface area contributed by atoms with E-state index in [1.807, 2.05) is 6.07 Å². The summed E-state index contributed by atoms with van der Waals surface area (Å²) in [5.74, 6) is 0.716.